The van der Waals surface area contributed by atoms with Gasteiger partial charge in [0.15, 0.2) is 11.5 Å². The molecule has 1 aromatic heterocycles. The summed E-state index contributed by atoms with van der Waals surface area (Å²) in [6.45, 7) is 0.441. The van der Waals surface area contributed by atoms with E-state index >= 15 is 0 Å². The summed E-state index contributed by atoms with van der Waals surface area (Å²) in [5.41, 5.74) is 2.31. The number of rotatable bonds is 4. The highest BCUT2D eigenvalue weighted by atomic mass is 16.7. The zero-order valence-corrected chi connectivity index (χ0v) is 16.3. The van der Waals surface area contributed by atoms with Crippen LogP contribution in [0.4, 0.5) is 11.4 Å². The van der Waals surface area contributed by atoms with Crippen LogP contribution in [0.3, 0.4) is 0 Å². The number of ether oxygens (including phenoxy) is 2. The van der Waals surface area contributed by atoms with E-state index in [4.69, 9.17) is 9.47 Å². The molecule has 31 heavy (non-hydrogen) atoms. The number of fused-ring (bicyclic) bond motifs is 1. The lowest BCUT2D eigenvalue weighted by Crippen LogP contribution is -2.28. The Hall–Kier alpha value is -4.14. The van der Waals surface area contributed by atoms with Crippen molar-refractivity contribution in [1.29, 1.82) is 0 Å². The van der Waals surface area contributed by atoms with Gasteiger partial charge in [-0.15, -0.1) is 0 Å². The van der Waals surface area contributed by atoms with Gasteiger partial charge in [0, 0.05) is 42.0 Å². The third-order valence-electron chi connectivity index (χ3n) is 5.27. The first-order valence-electron chi connectivity index (χ1n) is 9.74. The predicted molar refractivity (Wildman–Crippen MR) is 112 cm³/mol. The average Bonchev–Trinajstić information content (AvgIpc) is 3.40. The summed E-state index contributed by atoms with van der Waals surface area (Å²) >= 11 is 0. The van der Waals surface area contributed by atoms with Crippen molar-refractivity contribution < 1.29 is 19.1 Å². The second-order valence-corrected chi connectivity index (χ2v) is 7.32. The van der Waals surface area contributed by atoms with Crippen molar-refractivity contribution in [3.63, 3.8) is 0 Å². The summed E-state index contributed by atoms with van der Waals surface area (Å²) in [4.78, 5) is 38.2. The molecule has 0 spiro atoms. The molecular formula is C22H18N4O5. The highest BCUT2D eigenvalue weighted by Gasteiger charge is 2.35. The van der Waals surface area contributed by atoms with Crippen molar-refractivity contribution in [2.75, 3.05) is 23.6 Å². The third kappa shape index (κ3) is 3.73. The molecule has 2 N–H and O–H groups in total. The van der Waals surface area contributed by atoms with E-state index in [9.17, 15) is 14.4 Å². The van der Waals surface area contributed by atoms with Crippen LogP contribution in [0.2, 0.25) is 0 Å². The van der Waals surface area contributed by atoms with Gasteiger partial charge in [-0.3, -0.25) is 14.4 Å². The van der Waals surface area contributed by atoms with Crippen LogP contribution in [0.5, 0.6) is 11.5 Å². The van der Waals surface area contributed by atoms with E-state index in [0.717, 1.165) is 5.56 Å². The van der Waals surface area contributed by atoms with Gasteiger partial charge in [0.1, 0.15) is 0 Å². The average molecular weight is 418 g/mol. The summed E-state index contributed by atoms with van der Waals surface area (Å²) in [5.74, 6) is 0.397. The molecule has 0 radical (unpaired) electrons. The Morgan fingerprint density at radius 3 is 2.77 bits per heavy atom. The van der Waals surface area contributed by atoms with Crippen LogP contribution in [-0.4, -0.2) is 35.3 Å². The van der Waals surface area contributed by atoms with E-state index in [1.807, 2.05) is 6.07 Å². The van der Waals surface area contributed by atoms with Gasteiger partial charge in [0.2, 0.25) is 18.6 Å². The molecule has 3 aromatic rings. The Bertz CT molecular complexity index is 1220. The van der Waals surface area contributed by atoms with Crippen molar-refractivity contribution in [2.24, 2.45) is 5.92 Å². The first-order valence-corrected chi connectivity index (χ1v) is 9.74. The van der Waals surface area contributed by atoms with E-state index in [1.165, 1.54) is 6.07 Å². The Morgan fingerprint density at radius 2 is 1.94 bits per heavy atom. The topological polar surface area (TPSA) is 114 Å². The first-order chi connectivity index (χ1) is 15.1. The molecule has 5 rings (SSSR count). The lowest BCUT2D eigenvalue weighted by atomic mass is 10.1. The van der Waals surface area contributed by atoms with Gasteiger partial charge in [0.25, 0.3) is 5.56 Å². The standard InChI is InChI=1S/C22H18N4O5/c27-20-7-5-17(24-25-20)13-2-1-3-15(8-13)23-22(29)14-9-21(28)26(11-14)16-4-6-18-19(10-16)31-12-30-18/h1-8,10,14H,9,11-12H2,(H,23,29)(H,25,27). The second-order valence-electron chi connectivity index (χ2n) is 7.32. The number of aromatic nitrogens is 2. The molecular weight excluding hydrogens is 400 g/mol. The number of carbonyl (C=O) groups excluding carboxylic acids is 2. The van der Waals surface area contributed by atoms with Crippen molar-refractivity contribution >= 4 is 23.2 Å². The summed E-state index contributed by atoms with van der Waals surface area (Å²) in [7, 11) is 0. The number of aromatic amines is 1. The Labute approximate surface area is 176 Å². The van der Waals surface area contributed by atoms with Crippen molar-refractivity contribution in [2.45, 2.75) is 6.42 Å². The fourth-order valence-electron chi connectivity index (χ4n) is 3.69. The van der Waals surface area contributed by atoms with Gasteiger partial charge in [-0.2, -0.15) is 5.10 Å². The molecule has 0 saturated carbocycles. The van der Waals surface area contributed by atoms with Crippen LogP contribution in [0.15, 0.2) is 59.4 Å². The second kappa shape index (κ2) is 7.60. The normalized spacial score (nSPS) is 17.1. The van der Waals surface area contributed by atoms with Crippen molar-refractivity contribution in [3.05, 3.63) is 65.0 Å². The third-order valence-corrected chi connectivity index (χ3v) is 5.27. The zero-order chi connectivity index (χ0) is 21.4. The molecule has 2 aliphatic rings. The van der Waals surface area contributed by atoms with E-state index in [1.54, 1.807) is 47.4 Å². The van der Waals surface area contributed by atoms with E-state index < -0.39 is 5.92 Å². The van der Waals surface area contributed by atoms with Crippen LogP contribution in [-0.2, 0) is 9.59 Å². The van der Waals surface area contributed by atoms with Gasteiger partial charge in [-0.1, -0.05) is 12.1 Å². The number of nitrogens with zero attached hydrogens (tertiary/aromatic N) is 2. The minimum Gasteiger partial charge on any atom is -0.454 e. The molecule has 2 amide bonds. The molecule has 156 valence electrons. The van der Waals surface area contributed by atoms with Gasteiger partial charge in [-0.05, 0) is 30.3 Å². The number of benzene rings is 2. The molecule has 1 fully saturated rings. The number of hydrogen-bond donors (Lipinski definition) is 2. The van der Waals surface area contributed by atoms with Gasteiger partial charge in [0.05, 0.1) is 11.6 Å². The summed E-state index contributed by atoms with van der Waals surface area (Å²) in [6, 6.07) is 15.4. The fraction of sp³-hybridized carbons (Fsp3) is 0.182. The van der Waals surface area contributed by atoms with Gasteiger partial charge >= 0.3 is 0 Å². The maximum atomic E-state index is 12.8. The number of hydrogen-bond acceptors (Lipinski definition) is 6. The number of nitrogens with one attached hydrogen (secondary N) is 2. The fourth-order valence-corrected chi connectivity index (χ4v) is 3.69. The van der Waals surface area contributed by atoms with Crippen LogP contribution >= 0.6 is 0 Å². The summed E-state index contributed by atoms with van der Waals surface area (Å²) < 4.78 is 10.7. The Kier molecular flexibility index (Phi) is 4.62. The zero-order valence-electron chi connectivity index (χ0n) is 16.3. The molecule has 9 heteroatoms. The number of amides is 2. The molecule has 2 aromatic carbocycles. The lowest BCUT2D eigenvalue weighted by molar-refractivity contribution is -0.122. The van der Waals surface area contributed by atoms with E-state index in [-0.39, 0.29) is 37.1 Å². The van der Waals surface area contributed by atoms with Crippen LogP contribution in [0.25, 0.3) is 11.3 Å². The highest BCUT2D eigenvalue weighted by Crippen LogP contribution is 2.37. The van der Waals surface area contributed by atoms with Crippen LogP contribution in [0, 0.1) is 5.92 Å². The Morgan fingerprint density at radius 1 is 1.06 bits per heavy atom. The quantitative estimate of drug-likeness (QED) is 0.671. The molecule has 9 nitrogen and oxygen atoms in total. The highest BCUT2D eigenvalue weighted by molar-refractivity contribution is 6.03. The summed E-state index contributed by atoms with van der Waals surface area (Å²) in [6.07, 6.45) is 0.126. The minimum absolute atomic E-state index is 0.120. The SMILES string of the molecule is O=C(Nc1cccc(-c2ccc(=O)[nH]n2)c1)C1CC(=O)N(c2ccc3c(c2)OCO3)C1. The molecule has 1 atom stereocenters. The Balaban J connectivity index is 1.29. The molecule has 3 heterocycles. The maximum absolute atomic E-state index is 12.8. The maximum Gasteiger partial charge on any atom is 0.264 e. The summed E-state index contributed by atoms with van der Waals surface area (Å²) in [5, 5.41) is 9.27. The van der Waals surface area contributed by atoms with Crippen LogP contribution in [0.1, 0.15) is 6.42 Å². The largest absolute Gasteiger partial charge is 0.454 e. The number of anilines is 2. The van der Waals surface area contributed by atoms with Gasteiger partial charge in [-0.25, -0.2) is 5.10 Å². The van der Waals surface area contributed by atoms with Crippen LogP contribution < -0.4 is 25.2 Å². The molecule has 0 aliphatic carbocycles. The predicted octanol–water partition coefficient (Wildman–Crippen LogP) is 2.16. The first kappa shape index (κ1) is 18.9. The number of H-pyrrole nitrogens is 1. The van der Waals surface area contributed by atoms with E-state index in [0.29, 0.717) is 28.6 Å². The number of carbonyl (C=O) groups is 2. The molecule has 1 saturated heterocycles. The molecule has 1 unspecified atom stereocenters. The van der Waals surface area contributed by atoms with Crippen molar-refractivity contribution in [3.8, 4) is 22.8 Å². The van der Waals surface area contributed by atoms with Gasteiger partial charge < -0.3 is 19.7 Å². The monoisotopic (exact) mass is 418 g/mol. The lowest BCUT2D eigenvalue weighted by Gasteiger charge is -2.17. The van der Waals surface area contributed by atoms with E-state index in [2.05, 4.69) is 15.5 Å². The minimum atomic E-state index is -0.479. The smallest absolute Gasteiger partial charge is 0.264 e. The van der Waals surface area contributed by atoms with Crippen molar-refractivity contribution in [1.82, 2.24) is 10.2 Å². The molecule has 2 aliphatic heterocycles. The molecule has 0 bridgehead atoms.